The first-order valence-electron chi connectivity index (χ1n) is 4.38. The number of carboxylic acids is 1. The molecule has 0 aromatic heterocycles. The lowest BCUT2D eigenvalue weighted by Crippen LogP contribution is -2.07. The number of rotatable bonds is 3. The summed E-state index contributed by atoms with van der Waals surface area (Å²) >= 11 is 11.5. The van der Waals surface area contributed by atoms with E-state index in [2.05, 4.69) is 0 Å². The van der Waals surface area contributed by atoms with E-state index in [1.807, 2.05) is 0 Å². The molecule has 0 radical (unpaired) electrons. The second-order valence-corrected chi connectivity index (χ2v) is 3.72. The number of esters is 1. The standard InChI is InChI=1S/C10H8Cl2O4/c1-2-8(13)16-9-6(11)3-5(10(14)15)4-7(9)12/h3-4H,2H2,1H3,(H,14,15). The van der Waals surface area contributed by atoms with E-state index < -0.39 is 11.9 Å². The Morgan fingerprint density at radius 2 is 1.81 bits per heavy atom. The molecule has 0 heterocycles. The summed E-state index contributed by atoms with van der Waals surface area (Å²) in [5.41, 5.74) is -0.0636. The van der Waals surface area contributed by atoms with E-state index in [1.165, 1.54) is 12.1 Å². The van der Waals surface area contributed by atoms with Gasteiger partial charge in [0.15, 0.2) is 5.75 Å². The molecule has 0 spiro atoms. The minimum Gasteiger partial charge on any atom is -0.478 e. The molecule has 0 saturated heterocycles. The summed E-state index contributed by atoms with van der Waals surface area (Å²) in [6.45, 7) is 1.62. The Bertz CT molecular complexity index is 419. The quantitative estimate of drug-likeness (QED) is 0.672. The minimum absolute atomic E-state index is 0.00769. The Hall–Kier alpha value is -1.26. The maximum Gasteiger partial charge on any atom is 0.335 e. The Kier molecular flexibility index (Phi) is 4.15. The van der Waals surface area contributed by atoms with Crippen LogP contribution in [0, 0.1) is 0 Å². The van der Waals surface area contributed by atoms with Gasteiger partial charge in [0.2, 0.25) is 0 Å². The Morgan fingerprint density at radius 3 is 2.19 bits per heavy atom. The van der Waals surface area contributed by atoms with Crippen LogP contribution >= 0.6 is 23.2 Å². The molecule has 0 atom stereocenters. The molecular formula is C10H8Cl2O4. The van der Waals surface area contributed by atoms with Gasteiger partial charge < -0.3 is 9.84 Å². The van der Waals surface area contributed by atoms with E-state index in [0.29, 0.717) is 0 Å². The van der Waals surface area contributed by atoms with Gasteiger partial charge in [0.25, 0.3) is 0 Å². The topological polar surface area (TPSA) is 63.6 Å². The smallest absolute Gasteiger partial charge is 0.335 e. The van der Waals surface area contributed by atoms with Crippen molar-refractivity contribution in [2.75, 3.05) is 0 Å². The van der Waals surface area contributed by atoms with Crippen LogP contribution in [0.1, 0.15) is 23.7 Å². The van der Waals surface area contributed by atoms with Gasteiger partial charge in [0, 0.05) is 6.42 Å². The van der Waals surface area contributed by atoms with Crippen molar-refractivity contribution in [2.45, 2.75) is 13.3 Å². The normalized spacial score (nSPS) is 9.94. The molecule has 0 aliphatic carbocycles. The van der Waals surface area contributed by atoms with Crippen LogP contribution in [0.2, 0.25) is 10.0 Å². The minimum atomic E-state index is -1.16. The zero-order valence-electron chi connectivity index (χ0n) is 8.29. The predicted octanol–water partition coefficient (Wildman–Crippen LogP) is 3.01. The van der Waals surface area contributed by atoms with Gasteiger partial charge in [-0.3, -0.25) is 4.79 Å². The first kappa shape index (κ1) is 12.8. The van der Waals surface area contributed by atoms with Crippen molar-refractivity contribution in [1.29, 1.82) is 0 Å². The third-order valence-electron chi connectivity index (χ3n) is 1.75. The summed E-state index contributed by atoms with van der Waals surface area (Å²) < 4.78 is 4.86. The van der Waals surface area contributed by atoms with Gasteiger partial charge in [-0.2, -0.15) is 0 Å². The molecule has 0 aliphatic heterocycles. The highest BCUT2D eigenvalue weighted by atomic mass is 35.5. The van der Waals surface area contributed by atoms with Crippen LogP contribution in [-0.2, 0) is 4.79 Å². The lowest BCUT2D eigenvalue weighted by atomic mass is 10.2. The van der Waals surface area contributed by atoms with E-state index in [1.54, 1.807) is 6.92 Å². The largest absolute Gasteiger partial charge is 0.478 e. The molecule has 6 heteroatoms. The van der Waals surface area contributed by atoms with Gasteiger partial charge in [-0.25, -0.2) is 4.79 Å². The fraction of sp³-hybridized carbons (Fsp3) is 0.200. The average Bonchev–Trinajstić information content (AvgIpc) is 2.22. The van der Waals surface area contributed by atoms with Gasteiger partial charge in [-0.15, -0.1) is 0 Å². The van der Waals surface area contributed by atoms with E-state index in [-0.39, 0.29) is 27.8 Å². The monoisotopic (exact) mass is 262 g/mol. The third-order valence-corrected chi connectivity index (χ3v) is 2.31. The second kappa shape index (κ2) is 5.18. The molecule has 0 bridgehead atoms. The van der Waals surface area contributed by atoms with Crippen molar-refractivity contribution in [3.63, 3.8) is 0 Å². The SMILES string of the molecule is CCC(=O)Oc1c(Cl)cc(C(=O)O)cc1Cl. The van der Waals surface area contributed by atoms with Crippen molar-refractivity contribution in [2.24, 2.45) is 0 Å². The van der Waals surface area contributed by atoms with Gasteiger partial charge >= 0.3 is 11.9 Å². The average molecular weight is 263 g/mol. The van der Waals surface area contributed by atoms with Gasteiger partial charge in [0.1, 0.15) is 0 Å². The number of halogens is 2. The molecule has 0 aliphatic rings. The van der Waals surface area contributed by atoms with Crippen LogP contribution in [-0.4, -0.2) is 17.0 Å². The van der Waals surface area contributed by atoms with Gasteiger partial charge in [-0.05, 0) is 12.1 Å². The van der Waals surface area contributed by atoms with Crippen molar-refractivity contribution in [3.8, 4) is 5.75 Å². The highest BCUT2D eigenvalue weighted by Gasteiger charge is 2.15. The lowest BCUT2D eigenvalue weighted by molar-refractivity contribution is -0.134. The van der Waals surface area contributed by atoms with Gasteiger partial charge in [-0.1, -0.05) is 30.1 Å². The van der Waals surface area contributed by atoms with Gasteiger partial charge in [0.05, 0.1) is 15.6 Å². The van der Waals surface area contributed by atoms with E-state index in [0.717, 1.165) is 0 Å². The first-order valence-corrected chi connectivity index (χ1v) is 5.14. The molecule has 16 heavy (non-hydrogen) atoms. The number of carbonyl (C=O) groups is 2. The number of carboxylic acid groups (broad SMARTS) is 1. The fourth-order valence-electron chi connectivity index (χ4n) is 0.967. The molecule has 1 N–H and O–H groups in total. The van der Waals surface area contributed by atoms with Crippen molar-refractivity contribution in [1.82, 2.24) is 0 Å². The van der Waals surface area contributed by atoms with E-state index in [4.69, 9.17) is 33.0 Å². The van der Waals surface area contributed by atoms with E-state index >= 15 is 0 Å². The van der Waals surface area contributed by atoms with Crippen LogP contribution in [0.5, 0.6) is 5.75 Å². The van der Waals surface area contributed by atoms with Crippen LogP contribution < -0.4 is 4.74 Å². The highest BCUT2D eigenvalue weighted by Crippen LogP contribution is 2.34. The van der Waals surface area contributed by atoms with Crippen LogP contribution in [0.15, 0.2) is 12.1 Å². The number of hydrogen-bond acceptors (Lipinski definition) is 3. The highest BCUT2D eigenvalue weighted by molar-refractivity contribution is 6.37. The maximum absolute atomic E-state index is 11.0. The van der Waals surface area contributed by atoms with Crippen molar-refractivity contribution >= 4 is 35.1 Å². The summed E-state index contributed by atoms with van der Waals surface area (Å²) in [6.07, 6.45) is 0.174. The van der Waals surface area contributed by atoms with Crippen LogP contribution in [0.25, 0.3) is 0 Å². The summed E-state index contributed by atoms with van der Waals surface area (Å²) in [7, 11) is 0. The zero-order chi connectivity index (χ0) is 12.3. The molecule has 1 rings (SSSR count). The third kappa shape index (κ3) is 2.87. The fourth-order valence-corrected chi connectivity index (χ4v) is 1.53. The molecule has 0 saturated carbocycles. The maximum atomic E-state index is 11.0. The number of benzene rings is 1. The summed E-state index contributed by atoms with van der Waals surface area (Å²) in [5, 5.41) is 8.71. The number of hydrogen-bond donors (Lipinski definition) is 1. The van der Waals surface area contributed by atoms with Crippen LogP contribution in [0.4, 0.5) is 0 Å². The molecule has 1 aromatic rings. The first-order chi connectivity index (χ1) is 7.45. The van der Waals surface area contributed by atoms with Crippen molar-refractivity contribution < 1.29 is 19.4 Å². The summed E-state index contributed by atoms with van der Waals surface area (Å²) in [4.78, 5) is 21.7. The zero-order valence-corrected chi connectivity index (χ0v) is 9.80. The molecule has 4 nitrogen and oxygen atoms in total. The Morgan fingerprint density at radius 1 is 1.31 bits per heavy atom. The lowest BCUT2D eigenvalue weighted by Gasteiger charge is -2.08. The predicted molar refractivity (Wildman–Crippen MR) is 59.3 cm³/mol. The number of ether oxygens (including phenoxy) is 1. The summed E-state index contributed by atoms with van der Waals surface area (Å²) in [6, 6.07) is 2.35. The molecule has 1 aromatic carbocycles. The van der Waals surface area contributed by atoms with Crippen LogP contribution in [0.3, 0.4) is 0 Å². The Balaban J connectivity index is 3.12. The van der Waals surface area contributed by atoms with E-state index in [9.17, 15) is 9.59 Å². The molecule has 0 fully saturated rings. The second-order valence-electron chi connectivity index (χ2n) is 2.90. The number of carbonyl (C=O) groups excluding carboxylic acids is 1. The number of aromatic carboxylic acids is 1. The van der Waals surface area contributed by atoms with Crippen molar-refractivity contribution in [3.05, 3.63) is 27.7 Å². The molecular weight excluding hydrogens is 255 g/mol. The Labute approximate surface area is 102 Å². The summed E-state index contributed by atoms with van der Waals surface area (Å²) in [5.74, 6) is -1.66. The molecule has 0 unspecified atom stereocenters. The molecule has 0 amide bonds. The molecule has 86 valence electrons.